The average Bonchev–Trinajstić information content (AvgIpc) is 2.56. The Morgan fingerprint density at radius 1 is 1.14 bits per heavy atom. The van der Waals surface area contributed by atoms with Crippen LogP contribution < -0.4 is 10.1 Å². The molecule has 0 radical (unpaired) electrons. The van der Waals surface area contributed by atoms with Crippen LogP contribution in [0.2, 0.25) is 0 Å². The van der Waals surface area contributed by atoms with E-state index in [1.807, 2.05) is 54.6 Å². The molecule has 0 heterocycles. The fraction of sp³-hybridized carbons (Fsp3) is 0.278. The third kappa shape index (κ3) is 4.90. The Morgan fingerprint density at radius 2 is 1.82 bits per heavy atom. The fourth-order valence-corrected chi connectivity index (χ4v) is 2.18. The number of hydrogen-bond acceptors (Lipinski definition) is 3. The first-order chi connectivity index (χ1) is 10.7. The summed E-state index contributed by atoms with van der Waals surface area (Å²) in [5.41, 5.74) is 1.80. The number of amides is 1. The van der Waals surface area contributed by atoms with Crippen LogP contribution in [-0.4, -0.2) is 24.7 Å². The number of ether oxygens (including phenoxy) is 1. The molecule has 0 aliphatic carbocycles. The van der Waals surface area contributed by atoms with Gasteiger partial charge in [-0.15, -0.1) is 0 Å². The maximum Gasteiger partial charge on any atom is 0.224 e. The molecule has 4 heteroatoms. The summed E-state index contributed by atoms with van der Waals surface area (Å²) in [5, 5.41) is 12.8. The van der Waals surface area contributed by atoms with Crippen molar-refractivity contribution in [3.05, 3.63) is 65.7 Å². The van der Waals surface area contributed by atoms with E-state index in [2.05, 4.69) is 5.32 Å². The first-order valence-electron chi connectivity index (χ1n) is 7.31. The maximum atomic E-state index is 11.9. The van der Waals surface area contributed by atoms with Gasteiger partial charge in [-0.25, -0.2) is 0 Å². The lowest BCUT2D eigenvalue weighted by atomic mass is 10.1. The van der Waals surface area contributed by atoms with Crippen LogP contribution in [0.25, 0.3) is 0 Å². The third-order valence-corrected chi connectivity index (χ3v) is 3.45. The predicted molar refractivity (Wildman–Crippen MR) is 85.7 cm³/mol. The molecule has 0 aliphatic rings. The number of methoxy groups -OCH3 is 1. The van der Waals surface area contributed by atoms with Crippen molar-refractivity contribution in [1.29, 1.82) is 0 Å². The lowest BCUT2D eigenvalue weighted by Crippen LogP contribution is -2.27. The SMILES string of the molecule is COc1ccc(CC(=O)NCC[C@H](O)c2ccccc2)cc1. The lowest BCUT2D eigenvalue weighted by molar-refractivity contribution is -0.120. The van der Waals surface area contributed by atoms with Crippen LogP contribution in [0, 0.1) is 0 Å². The zero-order valence-electron chi connectivity index (χ0n) is 12.7. The Hall–Kier alpha value is -2.33. The topological polar surface area (TPSA) is 58.6 Å². The van der Waals surface area contributed by atoms with Crippen molar-refractivity contribution >= 4 is 5.91 Å². The highest BCUT2D eigenvalue weighted by molar-refractivity contribution is 5.78. The Bertz CT molecular complexity index is 581. The molecule has 0 aromatic heterocycles. The van der Waals surface area contributed by atoms with Gasteiger partial charge in [0, 0.05) is 6.54 Å². The lowest BCUT2D eigenvalue weighted by Gasteiger charge is -2.11. The third-order valence-electron chi connectivity index (χ3n) is 3.45. The molecule has 4 nitrogen and oxygen atoms in total. The normalized spacial score (nSPS) is 11.7. The van der Waals surface area contributed by atoms with Crippen LogP contribution in [0.3, 0.4) is 0 Å². The molecule has 0 fully saturated rings. The number of aliphatic hydroxyl groups is 1. The van der Waals surface area contributed by atoms with Crippen molar-refractivity contribution in [2.75, 3.05) is 13.7 Å². The van der Waals surface area contributed by atoms with E-state index in [0.29, 0.717) is 19.4 Å². The first-order valence-corrected chi connectivity index (χ1v) is 7.31. The molecule has 0 bridgehead atoms. The predicted octanol–water partition coefficient (Wildman–Crippen LogP) is 2.48. The minimum atomic E-state index is -0.553. The van der Waals surface area contributed by atoms with Gasteiger partial charge in [0.2, 0.25) is 5.91 Å². The van der Waals surface area contributed by atoms with Gasteiger partial charge in [-0.1, -0.05) is 42.5 Å². The molecule has 2 aromatic rings. The second-order valence-corrected chi connectivity index (χ2v) is 5.09. The molecule has 22 heavy (non-hydrogen) atoms. The molecule has 2 N–H and O–H groups in total. The van der Waals surface area contributed by atoms with Crippen molar-refractivity contribution < 1.29 is 14.6 Å². The van der Waals surface area contributed by atoms with Gasteiger partial charge in [0.25, 0.3) is 0 Å². The van der Waals surface area contributed by atoms with Gasteiger partial charge < -0.3 is 15.2 Å². The molecular formula is C18H21NO3. The molecule has 0 saturated carbocycles. The number of hydrogen-bond donors (Lipinski definition) is 2. The molecule has 1 atom stereocenters. The molecule has 0 aliphatic heterocycles. The van der Waals surface area contributed by atoms with Crippen LogP contribution in [0.5, 0.6) is 5.75 Å². The molecular weight excluding hydrogens is 278 g/mol. The summed E-state index contributed by atoms with van der Waals surface area (Å²) in [5.74, 6) is 0.723. The molecule has 116 valence electrons. The summed E-state index contributed by atoms with van der Waals surface area (Å²) in [6.45, 7) is 0.449. The summed E-state index contributed by atoms with van der Waals surface area (Å²) in [7, 11) is 1.61. The summed E-state index contributed by atoms with van der Waals surface area (Å²) in [4.78, 5) is 11.9. The van der Waals surface area contributed by atoms with Crippen LogP contribution in [-0.2, 0) is 11.2 Å². The monoisotopic (exact) mass is 299 g/mol. The van der Waals surface area contributed by atoms with E-state index in [-0.39, 0.29) is 5.91 Å². The number of nitrogens with one attached hydrogen (secondary N) is 1. The number of aliphatic hydroxyl groups excluding tert-OH is 1. The zero-order valence-corrected chi connectivity index (χ0v) is 12.7. The van der Waals surface area contributed by atoms with Gasteiger partial charge in [0.05, 0.1) is 19.6 Å². The summed E-state index contributed by atoms with van der Waals surface area (Å²) in [6.07, 6.45) is 0.270. The van der Waals surface area contributed by atoms with Crippen molar-refractivity contribution in [2.45, 2.75) is 18.9 Å². The van der Waals surface area contributed by atoms with E-state index in [9.17, 15) is 9.90 Å². The quantitative estimate of drug-likeness (QED) is 0.826. The Kier molecular flexibility index (Phi) is 5.98. The van der Waals surface area contributed by atoms with E-state index in [4.69, 9.17) is 4.74 Å². The smallest absolute Gasteiger partial charge is 0.224 e. The Morgan fingerprint density at radius 3 is 2.45 bits per heavy atom. The number of rotatable bonds is 7. The van der Waals surface area contributed by atoms with Gasteiger partial charge in [-0.05, 0) is 29.7 Å². The van der Waals surface area contributed by atoms with Crippen molar-refractivity contribution in [3.63, 3.8) is 0 Å². The van der Waals surface area contributed by atoms with Crippen LogP contribution in [0.1, 0.15) is 23.7 Å². The highest BCUT2D eigenvalue weighted by Crippen LogP contribution is 2.15. The van der Waals surface area contributed by atoms with E-state index < -0.39 is 6.10 Å². The molecule has 2 aromatic carbocycles. The highest BCUT2D eigenvalue weighted by Gasteiger charge is 2.08. The van der Waals surface area contributed by atoms with Crippen LogP contribution in [0.4, 0.5) is 0 Å². The number of carbonyl (C=O) groups excluding carboxylic acids is 1. The Balaban J connectivity index is 1.73. The van der Waals surface area contributed by atoms with Crippen LogP contribution >= 0.6 is 0 Å². The van der Waals surface area contributed by atoms with Gasteiger partial charge in [-0.3, -0.25) is 4.79 Å². The van der Waals surface area contributed by atoms with E-state index >= 15 is 0 Å². The minimum Gasteiger partial charge on any atom is -0.497 e. The summed E-state index contributed by atoms with van der Waals surface area (Å²) < 4.78 is 5.08. The molecule has 0 saturated heterocycles. The molecule has 2 rings (SSSR count). The maximum absolute atomic E-state index is 11.9. The Labute approximate surface area is 130 Å². The van der Waals surface area contributed by atoms with E-state index in [1.165, 1.54) is 0 Å². The number of carbonyl (C=O) groups is 1. The van der Waals surface area contributed by atoms with Crippen molar-refractivity contribution in [1.82, 2.24) is 5.32 Å². The second-order valence-electron chi connectivity index (χ2n) is 5.09. The van der Waals surface area contributed by atoms with E-state index in [0.717, 1.165) is 16.9 Å². The van der Waals surface area contributed by atoms with Crippen molar-refractivity contribution in [2.24, 2.45) is 0 Å². The highest BCUT2D eigenvalue weighted by atomic mass is 16.5. The zero-order chi connectivity index (χ0) is 15.8. The average molecular weight is 299 g/mol. The first kappa shape index (κ1) is 16.0. The minimum absolute atomic E-state index is 0.0505. The van der Waals surface area contributed by atoms with Gasteiger partial charge >= 0.3 is 0 Å². The molecule has 0 spiro atoms. The molecule has 0 unspecified atom stereocenters. The number of benzene rings is 2. The standard InChI is InChI=1S/C18H21NO3/c1-22-16-9-7-14(8-10-16)13-18(21)19-12-11-17(20)15-5-3-2-4-6-15/h2-10,17,20H,11-13H2,1H3,(H,19,21)/t17-/m0/s1. The largest absolute Gasteiger partial charge is 0.497 e. The van der Waals surface area contributed by atoms with E-state index in [1.54, 1.807) is 7.11 Å². The second kappa shape index (κ2) is 8.20. The van der Waals surface area contributed by atoms with Gasteiger partial charge in [0.15, 0.2) is 0 Å². The van der Waals surface area contributed by atoms with Crippen molar-refractivity contribution in [3.8, 4) is 5.75 Å². The fourth-order valence-electron chi connectivity index (χ4n) is 2.18. The summed E-state index contributed by atoms with van der Waals surface area (Å²) >= 11 is 0. The van der Waals surface area contributed by atoms with Gasteiger partial charge in [-0.2, -0.15) is 0 Å². The molecule has 1 amide bonds. The summed E-state index contributed by atoms with van der Waals surface area (Å²) in [6, 6.07) is 16.9. The van der Waals surface area contributed by atoms with Gasteiger partial charge in [0.1, 0.15) is 5.75 Å². The van der Waals surface area contributed by atoms with Crippen LogP contribution in [0.15, 0.2) is 54.6 Å².